The van der Waals surface area contributed by atoms with Crippen LogP contribution in [0.25, 0.3) is 33.2 Å². The Morgan fingerprint density at radius 1 is 0.897 bits per heavy atom. The van der Waals surface area contributed by atoms with Crippen molar-refractivity contribution >= 4 is 39.1 Å². The van der Waals surface area contributed by atoms with Crippen LogP contribution in [-0.4, -0.2) is 15.9 Å². The number of nitrogens with zero attached hydrogens (tertiary/aromatic N) is 1. The molecule has 5 nitrogen and oxygen atoms in total. The molecule has 140 valence electrons. The lowest BCUT2D eigenvalue weighted by Gasteiger charge is -2.08. The second kappa shape index (κ2) is 6.80. The van der Waals surface area contributed by atoms with Crippen LogP contribution in [0.2, 0.25) is 0 Å². The first-order chi connectivity index (χ1) is 14.2. The number of amides is 1. The standard InChI is InChI=1S/C24H18N4O/c25-17-10-13-21-22(14-17)28-23(27-21)16-8-11-18(12-9-16)26-24(29)20-7-3-5-15-4-1-2-6-19(15)20/h1-14H,25H2,(H,26,29)(H,27,28). The van der Waals surface area contributed by atoms with Crippen LogP contribution < -0.4 is 11.1 Å². The normalized spacial score (nSPS) is 11.0. The zero-order chi connectivity index (χ0) is 19.8. The summed E-state index contributed by atoms with van der Waals surface area (Å²) in [4.78, 5) is 20.7. The number of rotatable bonds is 3. The van der Waals surface area contributed by atoms with Crippen LogP contribution in [0, 0.1) is 0 Å². The number of hydrogen-bond donors (Lipinski definition) is 3. The fourth-order valence-electron chi connectivity index (χ4n) is 3.50. The van der Waals surface area contributed by atoms with Gasteiger partial charge in [-0.25, -0.2) is 4.98 Å². The van der Waals surface area contributed by atoms with Crippen molar-refractivity contribution in [1.29, 1.82) is 0 Å². The molecular formula is C24H18N4O. The van der Waals surface area contributed by atoms with Crippen LogP contribution >= 0.6 is 0 Å². The van der Waals surface area contributed by atoms with Crippen molar-refractivity contribution in [2.45, 2.75) is 0 Å². The predicted octanol–water partition coefficient (Wildman–Crippen LogP) is 5.22. The van der Waals surface area contributed by atoms with E-state index in [2.05, 4.69) is 15.3 Å². The maximum absolute atomic E-state index is 12.8. The average molecular weight is 378 g/mol. The average Bonchev–Trinajstić information content (AvgIpc) is 3.17. The Hall–Kier alpha value is -4.12. The maximum Gasteiger partial charge on any atom is 0.256 e. The maximum atomic E-state index is 12.8. The van der Waals surface area contributed by atoms with Crippen LogP contribution in [0.1, 0.15) is 10.4 Å². The van der Waals surface area contributed by atoms with Crippen molar-refractivity contribution in [2.24, 2.45) is 0 Å². The molecule has 1 aromatic heterocycles. The number of carbonyl (C=O) groups is 1. The van der Waals surface area contributed by atoms with Gasteiger partial charge in [-0.05, 0) is 59.3 Å². The van der Waals surface area contributed by atoms with E-state index in [1.165, 1.54) is 0 Å². The summed E-state index contributed by atoms with van der Waals surface area (Å²) in [5.41, 5.74) is 10.6. The van der Waals surface area contributed by atoms with Crippen LogP contribution in [-0.2, 0) is 0 Å². The summed E-state index contributed by atoms with van der Waals surface area (Å²) in [6.07, 6.45) is 0. The van der Waals surface area contributed by atoms with Crippen molar-refractivity contribution in [3.8, 4) is 11.4 Å². The summed E-state index contributed by atoms with van der Waals surface area (Å²) < 4.78 is 0. The van der Waals surface area contributed by atoms with Crippen molar-refractivity contribution < 1.29 is 4.79 Å². The monoisotopic (exact) mass is 378 g/mol. The Kier molecular flexibility index (Phi) is 3.99. The van der Waals surface area contributed by atoms with Crippen LogP contribution in [0.15, 0.2) is 84.9 Å². The quantitative estimate of drug-likeness (QED) is 0.377. The van der Waals surface area contributed by atoms with E-state index in [0.717, 1.165) is 38.9 Å². The van der Waals surface area contributed by atoms with E-state index in [0.29, 0.717) is 11.3 Å². The first-order valence-electron chi connectivity index (χ1n) is 9.32. The number of anilines is 2. The zero-order valence-electron chi connectivity index (χ0n) is 15.5. The van der Waals surface area contributed by atoms with Crippen LogP contribution in [0.4, 0.5) is 11.4 Å². The van der Waals surface area contributed by atoms with E-state index in [1.54, 1.807) is 0 Å². The largest absolute Gasteiger partial charge is 0.399 e. The van der Waals surface area contributed by atoms with Gasteiger partial charge in [-0.3, -0.25) is 4.79 Å². The third-order valence-electron chi connectivity index (χ3n) is 4.96. The summed E-state index contributed by atoms with van der Waals surface area (Å²) in [7, 11) is 0. The first kappa shape index (κ1) is 17.0. The van der Waals surface area contributed by atoms with E-state index < -0.39 is 0 Å². The SMILES string of the molecule is Nc1ccc2nc(-c3ccc(NC(=O)c4cccc5ccccc45)cc3)[nH]c2c1. The highest BCUT2D eigenvalue weighted by Crippen LogP contribution is 2.24. The number of nitrogens with two attached hydrogens (primary N) is 1. The first-order valence-corrected chi connectivity index (χ1v) is 9.32. The fraction of sp³-hybridized carbons (Fsp3) is 0. The zero-order valence-corrected chi connectivity index (χ0v) is 15.5. The van der Waals surface area contributed by atoms with Gasteiger partial charge in [0, 0.05) is 22.5 Å². The fourth-order valence-corrected chi connectivity index (χ4v) is 3.50. The Bertz CT molecular complexity index is 1350. The number of benzene rings is 4. The van der Waals surface area contributed by atoms with E-state index in [4.69, 9.17) is 5.73 Å². The third-order valence-corrected chi connectivity index (χ3v) is 4.96. The van der Waals surface area contributed by atoms with E-state index >= 15 is 0 Å². The Balaban J connectivity index is 1.40. The molecule has 0 unspecified atom stereocenters. The van der Waals surface area contributed by atoms with Crippen molar-refractivity contribution in [3.05, 3.63) is 90.5 Å². The molecule has 0 fully saturated rings. The van der Waals surface area contributed by atoms with Gasteiger partial charge in [-0.15, -0.1) is 0 Å². The van der Waals surface area contributed by atoms with Crippen molar-refractivity contribution in [3.63, 3.8) is 0 Å². The molecular weight excluding hydrogens is 360 g/mol. The molecule has 0 saturated carbocycles. The number of fused-ring (bicyclic) bond motifs is 2. The number of carbonyl (C=O) groups excluding carboxylic acids is 1. The summed E-state index contributed by atoms with van der Waals surface area (Å²) in [5.74, 6) is 0.631. The summed E-state index contributed by atoms with van der Waals surface area (Å²) >= 11 is 0. The van der Waals surface area contributed by atoms with Crippen LogP contribution in [0.3, 0.4) is 0 Å². The number of nitrogen functional groups attached to an aromatic ring is 1. The number of aromatic nitrogens is 2. The second-order valence-corrected chi connectivity index (χ2v) is 6.92. The minimum absolute atomic E-state index is 0.131. The van der Waals surface area contributed by atoms with Crippen molar-refractivity contribution in [1.82, 2.24) is 9.97 Å². The summed E-state index contributed by atoms with van der Waals surface area (Å²) in [6.45, 7) is 0. The molecule has 0 spiro atoms. The molecule has 0 aliphatic heterocycles. The van der Waals surface area contributed by atoms with Gasteiger partial charge in [0.2, 0.25) is 0 Å². The number of H-pyrrole nitrogens is 1. The molecule has 0 bridgehead atoms. The highest BCUT2D eigenvalue weighted by molar-refractivity contribution is 6.12. The lowest BCUT2D eigenvalue weighted by atomic mass is 10.0. The molecule has 4 aromatic carbocycles. The third kappa shape index (κ3) is 3.19. The predicted molar refractivity (Wildman–Crippen MR) is 118 cm³/mol. The number of aromatic amines is 1. The summed E-state index contributed by atoms with van der Waals surface area (Å²) in [5, 5.41) is 4.96. The van der Waals surface area contributed by atoms with Gasteiger partial charge in [-0.1, -0.05) is 36.4 Å². The molecule has 1 heterocycles. The molecule has 0 radical (unpaired) electrons. The highest BCUT2D eigenvalue weighted by Gasteiger charge is 2.11. The molecule has 5 rings (SSSR count). The number of nitrogens with one attached hydrogen (secondary N) is 2. The Labute approximate surface area is 167 Å². The molecule has 0 atom stereocenters. The lowest BCUT2D eigenvalue weighted by molar-refractivity contribution is 0.102. The minimum Gasteiger partial charge on any atom is -0.399 e. The van der Waals surface area contributed by atoms with Crippen molar-refractivity contribution in [2.75, 3.05) is 11.1 Å². The van der Waals surface area contributed by atoms with Gasteiger partial charge in [0.25, 0.3) is 5.91 Å². The Morgan fingerprint density at radius 3 is 2.55 bits per heavy atom. The van der Waals surface area contributed by atoms with E-state index in [-0.39, 0.29) is 5.91 Å². The van der Waals surface area contributed by atoms with E-state index in [9.17, 15) is 4.79 Å². The van der Waals surface area contributed by atoms with Gasteiger partial charge < -0.3 is 16.0 Å². The molecule has 0 saturated heterocycles. The molecule has 29 heavy (non-hydrogen) atoms. The van der Waals surface area contributed by atoms with Gasteiger partial charge in [0.05, 0.1) is 11.0 Å². The molecule has 4 N–H and O–H groups in total. The van der Waals surface area contributed by atoms with E-state index in [1.807, 2.05) is 84.9 Å². The van der Waals surface area contributed by atoms with Gasteiger partial charge >= 0.3 is 0 Å². The van der Waals surface area contributed by atoms with Gasteiger partial charge in [0.1, 0.15) is 5.82 Å². The second-order valence-electron chi connectivity index (χ2n) is 6.92. The molecule has 1 amide bonds. The van der Waals surface area contributed by atoms with Gasteiger partial charge in [-0.2, -0.15) is 0 Å². The highest BCUT2D eigenvalue weighted by atomic mass is 16.1. The summed E-state index contributed by atoms with van der Waals surface area (Å²) in [6, 6.07) is 26.8. The molecule has 0 aliphatic rings. The Morgan fingerprint density at radius 2 is 1.69 bits per heavy atom. The topological polar surface area (TPSA) is 83.8 Å². The smallest absolute Gasteiger partial charge is 0.256 e. The molecule has 0 aliphatic carbocycles. The molecule has 5 aromatic rings. The number of imidazole rings is 1. The lowest BCUT2D eigenvalue weighted by Crippen LogP contribution is -2.12. The minimum atomic E-state index is -0.131. The van der Waals surface area contributed by atoms with Gasteiger partial charge in [0.15, 0.2) is 0 Å². The van der Waals surface area contributed by atoms with Crippen LogP contribution in [0.5, 0.6) is 0 Å². The molecule has 5 heteroatoms. The number of hydrogen-bond acceptors (Lipinski definition) is 3.